The third kappa shape index (κ3) is 3.73. The van der Waals surface area contributed by atoms with Crippen molar-refractivity contribution in [1.82, 2.24) is 0 Å². The summed E-state index contributed by atoms with van der Waals surface area (Å²) in [6.45, 7) is 1.32. The molecule has 0 aliphatic heterocycles. The Morgan fingerprint density at radius 1 is 0.947 bits per heavy atom. The summed E-state index contributed by atoms with van der Waals surface area (Å²) in [4.78, 5) is 0. The number of benzene rings is 2. The summed E-state index contributed by atoms with van der Waals surface area (Å²) in [7, 11) is 1.67. The molecule has 0 aromatic heterocycles. The Kier molecular flexibility index (Phi) is 4.81. The monoisotopic (exact) mass is 257 g/mol. The molecule has 0 heterocycles. The fraction of sp³-hybridized carbons (Fsp3) is 0.250. The van der Waals surface area contributed by atoms with E-state index in [2.05, 4.69) is 6.07 Å². The van der Waals surface area contributed by atoms with E-state index in [-0.39, 0.29) is 0 Å². The minimum absolute atomic E-state index is 0.655. The molecule has 0 aliphatic rings. The molecule has 0 saturated heterocycles. The van der Waals surface area contributed by atoms with Crippen LogP contribution in [-0.4, -0.2) is 20.3 Å². The van der Waals surface area contributed by atoms with Crippen LogP contribution >= 0.6 is 0 Å². The van der Waals surface area contributed by atoms with E-state index in [1.807, 2.05) is 42.5 Å². The maximum atomic E-state index is 5.58. The number of hydrogen-bond donors (Lipinski definition) is 1. The van der Waals surface area contributed by atoms with Gasteiger partial charge in [0.15, 0.2) is 0 Å². The van der Waals surface area contributed by atoms with Crippen molar-refractivity contribution in [2.24, 2.45) is 5.73 Å². The summed E-state index contributed by atoms with van der Waals surface area (Å²) in [6.07, 6.45) is 0.873. The highest BCUT2D eigenvalue weighted by molar-refractivity contribution is 5.65. The van der Waals surface area contributed by atoms with Crippen LogP contribution in [0.25, 0.3) is 11.1 Å². The lowest BCUT2D eigenvalue weighted by atomic mass is 10.1. The highest BCUT2D eigenvalue weighted by Gasteiger charge is 2.00. The number of rotatable bonds is 6. The smallest absolute Gasteiger partial charge is 0.119 e. The zero-order chi connectivity index (χ0) is 13.5. The molecule has 2 N–H and O–H groups in total. The highest BCUT2D eigenvalue weighted by Crippen LogP contribution is 2.25. The molecule has 0 atom stereocenters. The molecule has 2 aromatic rings. The Morgan fingerprint density at radius 2 is 1.74 bits per heavy atom. The zero-order valence-electron chi connectivity index (χ0n) is 11.1. The second-order valence-corrected chi connectivity index (χ2v) is 4.25. The Bertz CT molecular complexity index is 508. The van der Waals surface area contributed by atoms with Gasteiger partial charge in [-0.3, -0.25) is 0 Å². The van der Waals surface area contributed by atoms with Crippen LogP contribution in [0.3, 0.4) is 0 Å². The van der Waals surface area contributed by atoms with Gasteiger partial charge in [-0.25, -0.2) is 0 Å². The standard InChI is InChI=1S/C16H19NO2/c1-18-16-5-2-4-14(12-16)13-6-8-15(9-7-13)19-11-3-10-17/h2,4-9,12H,3,10-11,17H2,1H3. The topological polar surface area (TPSA) is 44.5 Å². The van der Waals surface area contributed by atoms with Gasteiger partial charge in [-0.05, 0) is 48.4 Å². The molecule has 3 heteroatoms. The first kappa shape index (κ1) is 13.4. The van der Waals surface area contributed by atoms with Crippen molar-refractivity contribution in [3.05, 3.63) is 48.5 Å². The van der Waals surface area contributed by atoms with Gasteiger partial charge in [0, 0.05) is 0 Å². The van der Waals surface area contributed by atoms with E-state index in [9.17, 15) is 0 Å². The summed E-state index contributed by atoms with van der Waals surface area (Å²) in [5, 5.41) is 0. The van der Waals surface area contributed by atoms with Crippen LogP contribution < -0.4 is 15.2 Å². The van der Waals surface area contributed by atoms with Gasteiger partial charge in [0.2, 0.25) is 0 Å². The lowest BCUT2D eigenvalue weighted by Gasteiger charge is -2.07. The van der Waals surface area contributed by atoms with Crippen molar-refractivity contribution in [1.29, 1.82) is 0 Å². The van der Waals surface area contributed by atoms with Gasteiger partial charge in [-0.2, -0.15) is 0 Å². The molecular formula is C16H19NO2. The first-order valence-corrected chi connectivity index (χ1v) is 6.41. The molecule has 0 amide bonds. The number of nitrogens with two attached hydrogens (primary N) is 1. The van der Waals surface area contributed by atoms with Crippen LogP contribution in [0.2, 0.25) is 0 Å². The number of ether oxygens (including phenoxy) is 2. The summed E-state index contributed by atoms with van der Waals surface area (Å²) in [6, 6.07) is 16.1. The van der Waals surface area contributed by atoms with Crippen LogP contribution in [0.5, 0.6) is 11.5 Å². The Morgan fingerprint density at radius 3 is 2.42 bits per heavy atom. The summed E-state index contributed by atoms with van der Waals surface area (Å²) in [5.74, 6) is 1.74. The zero-order valence-corrected chi connectivity index (χ0v) is 11.1. The average molecular weight is 257 g/mol. The molecule has 0 radical (unpaired) electrons. The lowest BCUT2D eigenvalue weighted by molar-refractivity contribution is 0.313. The van der Waals surface area contributed by atoms with Crippen LogP contribution in [0, 0.1) is 0 Å². The molecule has 3 nitrogen and oxygen atoms in total. The molecule has 2 rings (SSSR count). The first-order valence-electron chi connectivity index (χ1n) is 6.41. The van der Waals surface area contributed by atoms with Crippen LogP contribution in [0.1, 0.15) is 6.42 Å². The maximum Gasteiger partial charge on any atom is 0.119 e. The molecule has 0 saturated carbocycles. The Labute approximate surface area is 114 Å². The third-order valence-corrected chi connectivity index (χ3v) is 2.87. The quantitative estimate of drug-likeness (QED) is 0.809. The van der Waals surface area contributed by atoms with Crippen LogP contribution in [0.4, 0.5) is 0 Å². The third-order valence-electron chi connectivity index (χ3n) is 2.87. The van der Waals surface area contributed by atoms with Crippen LogP contribution in [0.15, 0.2) is 48.5 Å². The fourth-order valence-corrected chi connectivity index (χ4v) is 1.82. The molecule has 0 fully saturated rings. The Balaban J connectivity index is 2.08. The van der Waals surface area contributed by atoms with Gasteiger partial charge in [-0.15, -0.1) is 0 Å². The maximum absolute atomic E-state index is 5.58. The van der Waals surface area contributed by atoms with Crippen molar-refractivity contribution < 1.29 is 9.47 Å². The lowest BCUT2D eigenvalue weighted by Crippen LogP contribution is -2.05. The van der Waals surface area contributed by atoms with Crippen LogP contribution in [-0.2, 0) is 0 Å². The van der Waals surface area contributed by atoms with Gasteiger partial charge in [0.1, 0.15) is 11.5 Å². The van der Waals surface area contributed by atoms with E-state index < -0.39 is 0 Å². The molecular weight excluding hydrogens is 238 g/mol. The van der Waals surface area contributed by atoms with E-state index >= 15 is 0 Å². The van der Waals surface area contributed by atoms with Crippen molar-refractivity contribution in [2.45, 2.75) is 6.42 Å². The van der Waals surface area contributed by atoms with Crippen molar-refractivity contribution in [2.75, 3.05) is 20.3 Å². The van der Waals surface area contributed by atoms with E-state index in [0.29, 0.717) is 13.2 Å². The van der Waals surface area contributed by atoms with Gasteiger partial charge in [0.25, 0.3) is 0 Å². The van der Waals surface area contributed by atoms with E-state index in [4.69, 9.17) is 15.2 Å². The minimum Gasteiger partial charge on any atom is -0.497 e. The first-order chi connectivity index (χ1) is 9.33. The van der Waals surface area contributed by atoms with Crippen molar-refractivity contribution in [3.63, 3.8) is 0 Å². The summed E-state index contributed by atoms with van der Waals surface area (Å²) >= 11 is 0. The predicted octanol–water partition coefficient (Wildman–Crippen LogP) is 3.09. The molecule has 0 bridgehead atoms. The number of methoxy groups -OCH3 is 1. The van der Waals surface area contributed by atoms with Gasteiger partial charge in [-0.1, -0.05) is 24.3 Å². The summed E-state index contributed by atoms with van der Waals surface area (Å²) in [5.41, 5.74) is 7.70. The molecule has 0 spiro atoms. The van der Waals surface area contributed by atoms with Gasteiger partial charge < -0.3 is 15.2 Å². The van der Waals surface area contributed by atoms with E-state index in [1.165, 1.54) is 0 Å². The van der Waals surface area contributed by atoms with E-state index in [1.54, 1.807) is 7.11 Å². The predicted molar refractivity (Wildman–Crippen MR) is 77.6 cm³/mol. The molecule has 100 valence electrons. The second kappa shape index (κ2) is 6.81. The molecule has 19 heavy (non-hydrogen) atoms. The van der Waals surface area contributed by atoms with Crippen molar-refractivity contribution >= 4 is 0 Å². The largest absolute Gasteiger partial charge is 0.497 e. The molecule has 0 unspecified atom stereocenters. The normalized spacial score (nSPS) is 10.2. The average Bonchev–Trinajstić information content (AvgIpc) is 2.48. The van der Waals surface area contributed by atoms with E-state index in [0.717, 1.165) is 29.0 Å². The van der Waals surface area contributed by atoms with Gasteiger partial charge in [0.05, 0.1) is 13.7 Å². The SMILES string of the molecule is COc1cccc(-c2ccc(OCCCN)cc2)c1. The highest BCUT2D eigenvalue weighted by atomic mass is 16.5. The minimum atomic E-state index is 0.655. The molecule has 2 aromatic carbocycles. The second-order valence-electron chi connectivity index (χ2n) is 4.25. The van der Waals surface area contributed by atoms with Gasteiger partial charge >= 0.3 is 0 Å². The fourth-order valence-electron chi connectivity index (χ4n) is 1.82. The number of hydrogen-bond acceptors (Lipinski definition) is 3. The summed E-state index contributed by atoms with van der Waals surface area (Å²) < 4.78 is 10.8. The Hall–Kier alpha value is -2.00. The molecule has 0 aliphatic carbocycles. The van der Waals surface area contributed by atoms with Crippen molar-refractivity contribution in [3.8, 4) is 22.6 Å².